The van der Waals surface area contributed by atoms with Crippen LogP contribution in [0.4, 0.5) is 0 Å². The number of methoxy groups -OCH3 is 1. The van der Waals surface area contributed by atoms with E-state index >= 15 is 0 Å². The molecular formula is C47H56N4O2. The molecule has 0 aliphatic heterocycles. The van der Waals surface area contributed by atoms with Gasteiger partial charge in [0.25, 0.3) is 0 Å². The molecule has 3 aromatic carbocycles. The second-order valence-corrected chi connectivity index (χ2v) is 16.4. The molecule has 0 amide bonds. The van der Waals surface area contributed by atoms with E-state index in [-0.39, 0.29) is 0 Å². The highest BCUT2D eigenvalue weighted by Crippen LogP contribution is 2.44. The maximum absolute atomic E-state index is 6.77. The summed E-state index contributed by atoms with van der Waals surface area (Å²) >= 11 is 0. The van der Waals surface area contributed by atoms with E-state index in [1.807, 2.05) is 12.1 Å². The van der Waals surface area contributed by atoms with Gasteiger partial charge in [0.05, 0.1) is 29.5 Å². The van der Waals surface area contributed by atoms with Crippen molar-refractivity contribution < 1.29 is 9.47 Å². The minimum Gasteiger partial charge on any atom is -0.497 e. The van der Waals surface area contributed by atoms with Crippen LogP contribution in [0, 0.1) is 30.6 Å². The molecule has 1 aliphatic rings. The number of ether oxygens (including phenoxy) is 2. The molecule has 6 aromatic rings. The summed E-state index contributed by atoms with van der Waals surface area (Å²) in [5, 5.41) is 7.83. The lowest BCUT2D eigenvalue weighted by Gasteiger charge is -2.33. The van der Waals surface area contributed by atoms with Crippen molar-refractivity contribution >= 4 is 21.8 Å². The number of hydrogen-bond donors (Lipinski definition) is 0. The minimum atomic E-state index is 0.391. The molecule has 0 saturated heterocycles. The number of rotatable bonds is 12. The Morgan fingerprint density at radius 3 is 2.30 bits per heavy atom. The molecule has 0 fully saturated rings. The number of para-hydroxylation sites is 1. The predicted octanol–water partition coefficient (Wildman–Crippen LogP) is 12.4. The number of fused-ring (bicyclic) bond motifs is 3. The normalized spacial score (nSPS) is 17.6. The summed E-state index contributed by atoms with van der Waals surface area (Å²) in [7, 11) is 1.69. The zero-order valence-electron chi connectivity index (χ0n) is 33.1. The van der Waals surface area contributed by atoms with Crippen LogP contribution in [0.5, 0.6) is 17.2 Å². The lowest BCUT2D eigenvalue weighted by atomic mass is 9.71. The first-order valence-corrected chi connectivity index (χ1v) is 19.6. The van der Waals surface area contributed by atoms with Gasteiger partial charge >= 0.3 is 0 Å². The first-order valence-electron chi connectivity index (χ1n) is 19.6. The Kier molecular flexibility index (Phi) is 10.5. The number of nitrogens with zero attached hydrogens (tertiary/aromatic N) is 4. The molecule has 7 rings (SSSR count). The molecule has 53 heavy (non-hydrogen) atoms. The van der Waals surface area contributed by atoms with Crippen molar-refractivity contribution in [1.29, 1.82) is 0 Å². The number of benzene rings is 3. The quantitative estimate of drug-likeness (QED) is 0.119. The highest BCUT2D eigenvalue weighted by atomic mass is 16.5. The number of aromatic nitrogens is 4. The highest BCUT2D eigenvalue weighted by molar-refractivity contribution is 6.09. The second kappa shape index (κ2) is 15.3. The Hall–Kier alpha value is -4.84. The van der Waals surface area contributed by atoms with Gasteiger partial charge < -0.3 is 9.47 Å². The highest BCUT2D eigenvalue weighted by Gasteiger charge is 2.33. The predicted molar refractivity (Wildman–Crippen MR) is 219 cm³/mol. The third-order valence-electron chi connectivity index (χ3n) is 11.0. The van der Waals surface area contributed by atoms with Crippen molar-refractivity contribution in [2.75, 3.05) is 7.11 Å². The SMILES string of the molecule is COc1ccnc(-n2c3ccccc3c3ccc(Oc4cc(C)cc(-n5nc(CCC(C)C)c(C6C(C)=C[C@H](C)C[C@@H]6C)c5CCC(C)C)c4)cc32)c1. The van der Waals surface area contributed by atoms with E-state index in [2.05, 4.69) is 131 Å². The van der Waals surface area contributed by atoms with Crippen LogP contribution in [0.15, 0.2) is 90.6 Å². The third-order valence-corrected chi connectivity index (χ3v) is 11.0. The summed E-state index contributed by atoms with van der Waals surface area (Å²) in [4.78, 5) is 4.74. The average molecular weight is 709 g/mol. The molecule has 0 spiro atoms. The van der Waals surface area contributed by atoms with Crippen molar-refractivity contribution in [2.24, 2.45) is 23.7 Å². The average Bonchev–Trinajstić information content (AvgIpc) is 3.64. The molecule has 3 aromatic heterocycles. The summed E-state index contributed by atoms with van der Waals surface area (Å²) in [6.07, 6.45) is 9.75. The largest absolute Gasteiger partial charge is 0.497 e. The van der Waals surface area contributed by atoms with E-state index in [0.717, 1.165) is 76.4 Å². The third kappa shape index (κ3) is 7.51. The summed E-state index contributed by atoms with van der Waals surface area (Å²) in [5.41, 5.74) is 9.92. The molecule has 3 heterocycles. The molecule has 1 aliphatic carbocycles. The molecule has 0 bridgehead atoms. The zero-order chi connectivity index (χ0) is 37.4. The van der Waals surface area contributed by atoms with Crippen LogP contribution >= 0.6 is 0 Å². The fraction of sp³-hybridized carbons (Fsp3) is 0.404. The fourth-order valence-corrected chi connectivity index (χ4v) is 8.62. The summed E-state index contributed by atoms with van der Waals surface area (Å²) in [6.45, 7) is 18.6. The van der Waals surface area contributed by atoms with Gasteiger partial charge in [-0.15, -0.1) is 0 Å². The lowest BCUT2D eigenvalue weighted by Crippen LogP contribution is -2.21. The van der Waals surface area contributed by atoms with E-state index < -0.39 is 0 Å². The molecule has 0 radical (unpaired) electrons. The molecule has 0 N–H and O–H groups in total. The first-order chi connectivity index (χ1) is 25.5. The van der Waals surface area contributed by atoms with Crippen molar-refractivity contribution in [3.63, 3.8) is 0 Å². The summed E-state index contributed by atoms with van der Waals surface area (Å²) in [5.74, 6) is 5.91. The van der Waals surface area contributed by atoms with E-state index in [1.165, 1.54) is 34.3 Å². The number of pyridine rings is 1. The van der Waals surface area contributed by atoms with Gasteiger partial charge in [0.2, 0.25) is 0 Å². The van der Waals surface area contributed by atoms with Gasteiger partial charge in [-0.1, -0.05) is 71.4 Å². The number of aryl methyl sites for hydroxylation is 2. The van der Waals surface area contributed by atoms with E-state index in [4.69, 9.17) is 19.6 Å². The Morgan fingerprint density at radius 2 is 1.55 bits per heavy atom. The fourth-order valence-electron chi connectivity index (χ4n) is 8.62. The van der Waals surface area contributed by atoms with Crippen LogP contribution in [0.3, 0.4) is 0 Å². The Balaban J connectivity index is 1.33. The zero-order valence-corrected chi connectivity index (χ0v) is 33.1. The monoisotopic (exact) mass is 708 g/mol. The number of hydrogen-bond acceptors (Lipinski definition) is 4. The molecule has 3 atom stereocenters. The number of allylic oxidation sites excluding steroid dienone is 2. The summed E-state index contributed by atoms with van der Waals surface area (Å²) < 4.78 is 16.8. The molecule has 6 nitrogen and oxygen atoms in total. The van der Waals surface area contributed by atoms with Crippen LogP contribution in [-0.4, -0.2) is 26.4 Å². The van der Waals surface area contributed by atoms with Gasteiger partial charge in [0.1, 0.15) is 23.1 Å². The Bertz CT molecular complexity index is 2270. The molecular weight excluding hydrogens is 653 g/mol. The minimum absolute atomic E-state index is 0.391. The maximum Gasteiger partial charge on any atom is 0.141 e. The van der Waals surface area contributed by atoms with E-state index in [1.54, 1.807) is 13.3 Å². The van der Waals surface area contributed by atoms with Crippen molar-refractivity contribution in [1.82, 2.24) is 19.3 Å². The maximum atomic E-state index is 6.77. The van der Waals surface area contributed by atoms with Gasteiger partial charge in [-0.25, -0.2) is 9.67 Å². The molecule has 1 unspecified atom stereocenters. The standard InChI is InChI=1S/C47H56N4O2/c1-29(2)14-18-41-47(46-33(7)22-31(5)23-34(46)8)43(19-15-30(3)4)51(49-41)35-24-32(6)25-38(26-35)53-37-16-17-40-39-12-10-11-13-42(39)50(44(40)27-37)45-28-36(52-9)20-21-48-45/h10-13,16-17,20-22,24-31,34,46H,14-15,18-19,23H2,1-9H3/t31-,34-,46?/m0/s1. The van der Waals surface area contributed by atoms with Crippen LogP contribution in [-0.2, 0) is 12.8 Å². The van der Waals surface area contributed by atoms with Crippen LogP contribution < -0.4 is 9.47 Å². The summed E-state index contributed by atoms with van der Waals surface area (Å²) in [6, 6.07) is 25.2. The van der Waals surface area contributed by atoms with Gasteiger partial charge in [-0.05, 0) is 112 Å². The second-order valence-electron chi connectivity index (χ2n) is 16.4. The van der Waals surface area contributed by atoms with E-state index in [9.17, 15) is 0 Å². The van der Waals surface area contributed by atoms with Gasteiger partial charge in [0.15, 0.2) is 0 Å². The van der Waals surface area contributed by atoms with Crippen LogP contribution in [0.1, 0.15) is 96.2 Å². The molecule has 6 heteroatoms. The van der Waals surface area contributed by atoms with Crippen molar-refractivity contribution in [3.05, 3.63) is 113 Å². The van der Waals surface area contributed by atoms with Crippen LogP contribution in [0.25, 0.3) is 33.3 Å². The van der Waals surface area contributed by atoms with Crippen molar-refractivity contribution in [2.45, 2.75) is 93.4 Å². The van der Waals surface area contributed by atoms with Crippen molar-refractivity contribution in [3.8, 4) is 28.8 Å². The van der Waals surface area contributed by atoms with Gasteiger partial charge in [-0.3, -0.25) is 4.57 Å². The van der Waals surface area contributed by atoms with Crippen LogP contribution in [0.2, 0.25) is 0 Å². The van der Waals surface area contributed by atoms with E-state index in [0.29, 0.717) is 29.6 Å². The lowest BCUT2D eigenvalue weighted by molar-refractivity contribution is 0.388. The van der Waals surface area contributed by atoms with Gasteiger partial charge in [-0.2, -0.15) is 5.10 Å². The smallest absolute Gasteiger partial charge is 0.141 e. The van der Waals surface area contributed by atoms with Gasteiger partial charge in [0, 0.05) is 52.3 Å². The first kappa shape index (κ1) is 36.5. The molecule has 0 saturated carbocycles. The molecule has 276 valence electrons. The Morgan fingerprint density at radius 1 is 0.792 bits per heavy atom. The Labute approximate surface area is 315 Å². The topological polar surface area (TPSA) is 54.1 Å².